The minimum Gasteiger partial charge on any atom is -0.490 e. The standard InChI is InChI=1S/C24H22BrFN2O7S/c1-4-34-18-10-14(11-19-22(30)28(24(32)36-19)13(2)23(31)33-3)9-17(25)21(18)35-12-20(29)27-16-7-5-15(26)6-8-16/h5-11,13H,4,12H2,1-3H3,(H,27,29)/b19-11+/t13-/m1/s1. The Hall–Kier alpha value is -3.38. The van der Waals surface area contributed by atoms with Gasteiger partial charge in [0.05, 0.1) is 23.1 Å². The van der Waals surface area contributed by atoms with Crippen molar-refractivity contribution in [3.63, 3.8) is 0 Å². The van der Waals surface area contributed by atoms with Gasteiger partial charge in [-0.15, -0.1) is 0 Å². The highest BCUT2D eigenvalue weighted by Gasteiger charge is 2.41. The Labute approximate surface area is 219 Å². The molecule has 1 aliphatic heterocycles. The van der Waals surface area contributed by atoms with Gasteiger partial charge in [-0.3, -0.25) is 19.3 Å². The van der Waals surface area contributed by atoms with Crippen molar-refractivity contribution in [2.24, 2.45) is 0 Å². The Morgan fingerprint density at radius 3 is 2.53 bits per heavy atom. The Morgan fingerprint density at radius 2 is 1.89 bits per heavy atom. The van der Waals surface area contributed by atoms with Crippen molar-refractivity contribution in [3.8, 4) is 11.5 Å². The molecule has 1 atom stereocenters. The first-order chi connectivity index (χ1) is 17.1. The number of ether oxygens (including phenoxy) is 3. The van der Waals surface area contributed by atoms with Gasteiger partial charge in [0.1, 0.15) is 11.9 Å². The molecule has 1 N–H and O–H groups in total. The van der Waals surface area contributed by atoms with Crippen LogP contribution >= 0.6 is 27.7 Å². The SMILES string of the molecule is CCOc1cc(/C=C2/SC(=O)N([C@H](C)C(=O)OC)C2=O)cc(Br)c1OCC(=O)Nc1ccc(F)cc1. The molecule has 0 unspecified atom stereocenters. The minimum absolute atomic E-state index is 0.123. The monoisotopic (exact) mass is 580 g/mol. The maximum Gasteiger partial charge on any atom is 0.328 e. The van der Waals surface area contributed by atoms with Crippen LogP contribution in [0, 0.1) is 5.82 Å². The van der Waals surface area contributed by atoms with E-state index in [0.29, 0.717) is 39.8 Å². The highest BCUT2D eigenvalue weighted by Crippen LogP contribution is 2.39. The van der Waals surface area contributed by atoms with Gasteiger partial charge >= 0.3 is 5.97 Å². The normalized spacial score (nSPS) is 15.1. The average Bonchev–Trinajstić information content (AvgIpc) is 3.11. The number of amides is 3. The van der Waals surface area contributed by atoms with E-state index in [4.69, 9.17) is 9.47 Å². The second-order valence-electron chi connectivity index (χ2n) is 7.36. The second kappa shape index (κ2) is 12.0. The van der Waals surface area contributed by atoms with Gasteiger partial charge in [0.2, 0.25) is 0 Å². The predicted molar refractivity (Wildman–Crippen MR) is 135 cm³/mol. The summed E-state index contributed by atoms with van der Waals surface area (Å²) in [6.45, 7) is 3.12. The summed E-state index contributed by atoms with van der Waals surface area (Å²) in [6, 6.07) is 7.48. The summed E-state index contributed by atoms with van der Waals surface area (Å²) in [4.78, 5) is 50.1. The molecule has 0 bridgehead atoms. The molecule has 2 aromatic rings. The van der Waals surface area contributed by atoms with Gasteiger partial charge in [0, 0.05) is 5.69 Å². The zero-order valence-electron chi connectivity index (χ0n) is 19.5. The van der Waals surface area contributed by atoms with Crippen LogP contribution in [-0.2, 0) is 19.1 Å². The number of hydrogen-bond donors (Lipinski definition) is 1. The molecule has 0 saturated carbocycles. The summed E-state index contributed by atoms with van der Waals surface area (Å²) in [5.41, 5.74) is 0.935. The Kier molecular flexibility index (Phi) is 9.10. The van der Waals surface area contributed by atoms with Crippen molar-refractivity contribution < 1.29 is 37.8 Å². The lowest BCUT2D eigenvalue weighted by Crippen LogP contribution is -2.42. The number of esters is 1. The van der Waals surface area contributed by atoms with Crippen LogP contribution in [0.1, 0.15) is 19.4 Å². The maximum atomic E-state index is 13.0. The number of hydrogen-bond acceptors (Lipinski definition) is 8. The lowest BCUT2D eigenvalue weighted by Gasteiger charge is -2.18. The molecule has 0 aromatic heterocycles. The number of nitrogens with zero attached hydrogens (tertiary/aromatic N) is 1. The average molecular weight is 581 g/mol. The molecule has 190 valence electrons. The third-order valence-electron chi connectivity index (χ3n) is 4.86. The molecule has 3 rings (SSSR count). The van der Waals surface area contributed by atoms with E-state index in [1.165, 1.54) is 44.4 Å². The highest BCUT2D eigenvalue weighted by molar-refractivity contribution is 9.10. The van der Waals surface area contributed by atoms with Gasteiger partial charge in [-0.05, 0) is 89.6 Å². The third-order valence-corrected chi connectivity index (χ3v) is 6.33. The molecule has 1 aliphatic rings. The number of carbonyl (C=O) groups excluding carboxylic acids is 4. The molecule has 1 saturated heterocycles. The molecule has 0 radical (unpaired) electrons. The van der Waals surface area contributed by atoms with Crippen LogP contribution in [0.4, 0.5) is 14.9 Å². The molecule has 0 spiro atoms. The van der Waals surface area contributed by atoms with E-state index in [1.807, 2.05) is 0 Å². The minimum atomic E-state index is -1.06. The number of halogens is 2. The molecule has 2 aromatic carbocycles. The molecular formula is C24H22BrFN2O7S. The van der Waals surface area contributed by atoms with E-state index < -0.39 is 34.9 Å². The molecule has 1 fully saturated rings. The molecule has 1 heterocycles. The molecule has 36 heavy (non-hydrogen) atoms. The number of anilines is 1. The summed E-state index contributed by atoms with van der Waals surface area (Å²) in [6.07, 6.45) is 1.49. The summed E-state index contributed by atoms with van der Waals surface area (Å²) >= 11 is 4.10. The van der Waals surface area contributed by atoms with Gasteiger partial charge < -0.3 is 19.5 Å². The van der Waals surface area contributed by atoms with Gasteiger partial charge in [-0.1, -0.05) is 0 Å². The number of nitrogens with one attached hydrogen (secondary N) is 1. The van der Waals surface area contributed by atoms with Crippen molar-refractivity contribution in [3.05, 3.63) is 57.2 Å². The topological polar surface area (TPSA) is 111 Å². The zero-order chi connectivity index (χ0) is 26.4. The number of methoxy groups -OCH3 is 1. The summed E-state index contributed by atoms with van der Waals surface area (Å²) < 4.78 is 29.4. The smallest absolute Gasteiger partial charge is 0.328 e. The van der Waals surface area contributed by atoms with Crippen molar-refractivity contribution >= 4 is 62.5 Å². The van der Waals surface area contributed by atoms with Gasteiger partial charge in [-0.2, -0.15) is 0 Å². The predicted octanol–water partition coefficient (Wildman–Crippen LogP) is 4.60. The first-order valence-electron chi connectivity index (χ1n) is 10.6. The van der Waals surface area contributed by atoms with Gasteiger partial charge in [-0.25, -0.2) is 9.18 Å². The fraction of sp³-hybridized carbons (Fsp3) is 0.250. The van der Waals surface area contributed by atoms with Crippen LogP contribution in [0.2, 0.25) is 0 Å². The van der Waals surface area contributed by atoms with E-state index in [2.05, 4.69) is 26.0 Å². The number of thioether (sulfide) groups is 1. The fourth-order valence-electron chi connectivity index (χ4n) is 3.18. The molecule has 3 amide bonds. The molecule has 0 aliphatic carbocycles. The Morgan fingerprint density at radius 1 is 1.19 bits per heavy atom. The van der Waals surface area contributed by atoms with Crippen LogP contribution in [0.5, 0.6) is 11.5 Å². The number of rotatable bonds is 9. The lowest BCUT2D eigenvalue weighted by molar-refractivity contribution is -0.148. The zero-order valence-corrected chi connectivity index (χ0v) is 21.9. The van der Waals surface area contributed by atoms with Gasteiger partial charge in [0.15, 0.2) is 18.1 Å². The summed E-state index contributed by atoms with van der Waals surface area (Å²) in [7, 11) is 1.18. The number of imide groups is 1. The number of benzene rings is 2. The molecule has 9 nitrogen and oxygen atoms in total. The van der Waals surface area contributed by atoms with Crippen molar-refractivity contribution in [1.82, 2.24) is 4.90 Å². The first-order valence-corrected chi connectivity index (χ1v) is 12.2. The van der Waals surface area contributed by atoms with E-state index in [9.17, 15) is 23.6 Å². The Balaban J connectivity index is 1.78. The Bertz CT molecular complexity index is 1220. The van der Waals surface area contributed by atoms with Crippen LogP contribution < -0.4 is 14.8 Å². The van der Waals surface area contributed by atoms with Crippen LogP contribution in [0.25, 0.3) is 6.08 Å². The highest BCUT2D eigenvalue weighted by atomic mass is 79.9. The number of carbonyl (C=O) groups is 4. The fourth-order valence-corrected chi connectivity index (χ4v) is 4.67. The lowest BCUT2D eigenvalue weighted by atomic mass is 10.1. The van der Waals surface area contributed by atoms with Gasteiger partial charge in [0.25, 0.3) is 17.1 Å². The van der Waals surface area contributed by atoms with E-state index in [0.717, 1.165) is 4.90 Å². The molecular weight excluding hydrogens is 559 g/mol. The first kappa shape index (κ1) is 27.2. The van der Waals surface area contributed by atoms with E-state index in [-0.39, 0.29) is 17.3 Å². The summed E-state index contributed by atoms with van der Waals surface area (Å²) in [5.74, 6) is -1.64. The quantitative estimate of drug-likeness (QED) is 0.338. The van der Waals surface area contributed by atoms with Crippen LogP contribution in [0.3, 0.4) is 0 Å². The van der Waals surface area contributed by atoms with Crippen molar-refractivity contribution in [2.45, 2.75) is 19.9 Å². The largest absolute Gasteiger partial charge is 0.490 e. The van der Waals surface area contributed by atoms with E-state index >= 15 is 0 Å². The summed E-state index contributed by atoms with van der Waals surface area (Å²) in [5, 5.41) is 2.02. The van der Waals surface area contributed by atoms with Crippen LogP contribution in [0.15, 0.2) is 45.8 Å². The third kappa shape index (κ3) is 6.43. The van der Waals surface area contributed by atoms with Crippen molar-refractivity contribution in [2.75, 3.05) is 25.6 Å². The van der Waals surface area contributed by atoms with Crippen LogP contribution in [-0.4, -0.2) is 54.3 Å². The van der Waals surface area contributed by atoms with E-state index in [1.54, 1.807) is 19.1 Å². The van der Waals surface area contributed by atoms with Crippen molar-refractivity contribution in [1.29, 1.82) is 0 Å². The maximum absolute atomic E-state index is 13.0. The molecule has 12 heteroatoms. The second-order valence-corrected chi connectivity index (χ2v) is 9.21.